The Morgan fingerprint density at radius 2 is 1.92 bits per heavy atom. The molecule has 0 saturated carbocycles. The van der Waals surface area contributed by atoms with Gasteiger partial charge in [0.15, 0.2) is 0 Å². The van der Waals surface area contributed by atoms with Crippen LogP contribution in [-0.4, -0.2) is 42.8 Å². The molecule has 2 atom stereocenters. The maximum atomic E-state index is 5.87. The van der Waals surface area contributed by atoms with Gasteiger partial charge in [-0.3, -0.25) is 4.90 Å². The second-order valence-corrected chi connectivity index (χ2v) is 4.31. The summed E-state index contributed by atoms with van der Waals surface area (Å²) in [5, 5.41) is 0. The van der Waals surface area contributed by atoms with E-state index >= 15 is 0 Å². The zero-order chi connectivity index (χ0) is 9.26. The molecule has 2 rings (SSSR count). The number of nitrogens with two attached hydrogens (primary N) is 1. The molecule has 2 fully saturated rings. The van der Waals surface area contributed by atoms with Crippen molar-refractivity contribution < 1.29 is 4.74 Å². The highest BCUT2D eigenvalue weighted by atomic mass is 16.5. The maximum Gasteiger partial charge on any atom is 0.0703 e. The molecule has 3 nitrogen and oxygen atoms in total. The third-order valence-corrected chi connectivity index (χ3v) is 3.38. The van der Waals surface area contributed by atoms with E-state index in [1.165, 1.54) is 19.5 Å². The molecule has 0 aliphatic carbocycles. The van der Waals surface area contributed by atoms with Gasteiger partial charge in [0.2, 0.25) is 0 Å². The minimum absolute atomic E-state index is 0.425. The Balaban J connectivity index is 1.86. The molecule has 0 aromatic carbocycles. The normalized spacial score (nSPS) is 38.3. The van der Waals surface area contributed by atoms with Crippen molar-refractivity contribution in [2.75, 3.05) is 19.7 Å². The third-order valence-electron chi connectivity index (χ3n) is 3.38. The first-order chi connectivity index (χ1) is 6.27. The van der Waals surface area contributed by atoms with Gasteiger partial charge in [-0.15, -0.1) is 0 Å². The van der Waals surface area contributed by atoms with E-state index in [1.807, 2.05) is 0 Å². The molecule has 0 radical (unpaired) electrons. The minimum atomic E-state index is 0.425. The molecule has 0 bridgehead atoms. The van der Waals surface area contributed by atoms with E-state index in [1.54, 1.807) is 0 Å². The predicted octanol–water partition coefficient (Wildman–Crippen LogP) is 0.587. The van der Waals surface area contributed by atoms with E-state index in [2.05, 4.69) is 11.8 Å². The van der Waals surface area contributed by atoms with Gasteiger partial charge >= 0.3 is 0 Å². The van der Waals surface area contributed by atoms with Crippen molar-refractivity contribution in [1.29, 1.82) is 0 Å². The molecule has 2 heterocycles. The Morgan fingerprint density at radius 1 is 1.23 bits per heavy atom. The fraction of sp³-hybridized carbons (Fsp3) is 1.00. The maximum absolute atomic E-state index is 5.87. The molecule has 0 aromatic rings. The van der Waals surface area contributed by atoms with E-state index in [-0.39, 0.29) is 0 Å². The molecule has 0 spiro atoms. The first-order valence-corrected chi connectivity index (χ1v) is 5.38. The Kier molecular flexibility index (Phi) is 2.86. The highest BCUT2D eigenvalue weighted by Gasteiger charge is 2.31. The Labute approximate surface area is 80.2 Å². The van der Waals surface area contributed by atoms with Crippen molar-refractivity contribution in [2.24, 2.45) is 5.73 Å². The van der Waals surface area contributed by atoms with E-state index < -0.39 is 0 Å². The number of hydrogen-bond donors (Lipinski definition) is 1. The molecule has 13 heavy (non-hydrogen) atoms. The molecular formula is C10H20N2O. The first-order valence-electron chi connectivity index (χ1n) is 5.38. The summed E-state index contributed by atoms with van der Waals surface area (Å²) in [5.74, 6) is 0. The Morgan fingerprint density at radius 3 is 2.46 bits per heavy atom. The van der Waals surface area contributed by atoms with Crippen LogP contribution in [0.2, 0.25) is 0 Å². The molecule has 0 amide bonds. The number of ether oxygens (including phenoxy) is 1. The Bertz CT molecular complexity index is 166. The molecule has 2 unspecified atom stereocenters. The molecule has 2 aliphatic heterocycles. The Hall–Kier alpha value is -0.120. The smallest absolute Gasteiger partial charge is 0.0703 e. The number of likely N-dealkylation sites (tertiary alicyclic amines) is 1. The molecule has 2 saturated heterocycles. The van der Waals surface area contributed by atoms with Crippen LogP contribution in [0.5, 0.6) is 0 Å². The van der Waals surface area contributed by atoms with Crippen LogP contribution in [-0.2, 0) is 4.74 Å². The van der Waals surface area contributed by atoms with Crippen LogP contribution in [0.15, 0.2) is 0 Å². The van der Waals surface area contributed by atoms with Crippen molar-refractivity contribution >= 4 is 0 Å². The molecule has 3 heteroatoms. The number of rotatable bonds is 1. The van der Waals surface area contributed by atoms with Gasteiger partial charge in [-0.2, -0.15) is 0 Å². The fourth-order valence-corrected chi connectivity index (χ4v) is 2.45. The van der Waals surface area contributed by atoms with Crippen LogP contribution < -0.4 is 5.73 Å². The molecular weight excluding hydrogens is 164 g/mol. The largest absolute Gasteiger partial charge is 0.377 e. The third kappa shape index (κ3) is 2.03. The molecule has 2 N–H and O–H groups in total. The number of hydrogen-bond acceptors (Lipinski definition) is 3. The van der Waals surface area contributed by atoms with Crippen LogP contribution in [0, 0.1) is 0 Å². The second kappa shape index (κ2) is 3.95. The van der Waals surface area contributed by atoms with Gasteiger partial charge in [-0.25, -0.2) is 0 Å². The van der Waals surface area contributed by atoms with Crippen molar-refractivity contribution in [1.82, 2.24) is 4.90 Å². The van der Waals surface area contributed by atoms with Gasteiger partial charge in [0.05, 0.1) is 6.10 Å². The molecule has 0 aromatic heterocycles. The highest BCUT2D eigenvalue weighted by Crippen LogP contribution is 2.22. The fourth-order valence-electron chi connectivity index (χ4n) is 2.45. The number of piperidine rings is 1. The minimum Gasteiger partial charge on any atom is -0.377 e. The lowest BCUT2D eigenvalue weighted by Gasteiger charge is -2.35. The van der Waals surface area contributed by atoms with Crippen molar-refractivity contribution in [3.8, 4) is 0 Å². The number of nitrogens with zero attached hydrogens (tertiary/aromatic N) is 1. The summed E-state index contributed by atoms with van der Waals surface area (Å²) in [4.78, 5) is 2.56. The van der Waals surface area contributed by atoms with Gasteiger partial charge in [-0.05, 0) is 26.2 Å². The van der Waals surface area contributed by atoms with Crippen LogP contribution in [0.3, 0.4) is 0 Å². The van der Waals surface area contributed by atoms with Crippen molar-refractivity contribution in [3.05, 3.63) is 0 Å². The molecule has 2 aliphatic rings. The van der Waals surface area contributed by atoms with Crippen molar-refractivity contribution in [2.45, 2.75) is 44.4 Å². The monoisotopic (exact) mass is 184 g/mol. The van der Waals surface area contributed by atoms with Crippen LogP contribution in [0.1, 0.15) is 26.2 Å². The van der Waals surface area contributed by atoms with Crippen LogP contribution in [0.4, 0.5) is 0 Å². The standard InChI is InChI=1S/C10H20N2O/c1-8-10(4-7-13-8)12-5-2-9(11)3-6-12/h8-10H,2-7,11H2,1H3. The topological polar surface area (TPSA) is 38.5 Å². The second-order valence-electron chi connectivity index (χ2n) is 4.31. The first kappa shape index (κ1) is 9.44. The zero-order valence-corrected chi connectivity index (χ0v) is 8.41. The lowest BCUT2D eigenvalue weighted by molar-refractivity contribution is 0.0631. The summed E-state index contributed by atoms with van der Waals surface area (Å²) in [7, 11) is 0. The van der Waals surface area contributed by atoms with Crippen LogP contribution >= 0.6 is 0 Å². The van der Waals surface area contributed by atoms with E-state index in [0.717, 1.165) is 19.4 Å². The van der Waals surface area contributed by atoms with Gasteiger partial charge in [0, 0.05) is 31.8 Å². The van der Waals surface area contributed by atoms with Gasteiger partial charge in [0.1, 0.15) is 0 Å². The lowest BCUT2D eigenvalue weighted by atomic mass is 10.0. The van der Waals surface area contributed by atoms with Gasteiger partial charge in [0.25, 0.3) is 0 Å². The van der Waals surface area contributed by atoms with E-state index in [9.17, 15) is 0 Å². The van der Waals surface area contributed by atoms with Gasteiger partial charge < -0.3 is 10.5 Å². The van der Waals surface area contributed by atoms with Gasteiger partial charge in [-0.1, -0.05) is 0 Å². The van der Waals surface area contributed by atoms with E-state index in [4.69, 9.17) is 10.5 Å². The molecule has 76 valence electrons. The lowest BCUT2D eigenvalue weighted by Crippen LogP contribution is -2.47. The average molecular weight is 184 g/mol. The van der Waals surface area contributed by atoms with E-state index in [0.29, 0.717) is 18.2 Å². The summed E-state index contributed by atoms with van der Waals surface area (Å²) in [5.41, 5.74) is 5.87. The summed E-state index contributed by atoms with van der Waals surface area (Å²) >= 11 is 0. The predicted molar refractivity (Wildman–Crippen MR) is 52.6 cm³/mol. The average Bonchev–Trinajstić information content (AvgIpc) is 2.53. The summed E-state index contributed by atoms with van der Waals surface area (Å²) < 4.78 is 5.57. The zero-order valence-electron chi connectivity index (χ0n) is 8.41. The SMILES string of the molecule is CC1OCCC1N1CCC(N)CC1. The van der Waals surface area contributed by atoms with Crippen molar-refractivity contribution in [3.63, 3.8) is 0 Å². The summed E-state index contributed by atoms with van der Waals surface area (Å²) in [6, 6.07) is 1.10. The quantitative estimate of drug-likeness (QED) is 0.648. The highest BCUT2D eigenvalue weighted by molar-refractivity contribution is 4.86. The summed E-state index contributed by atoms with van der Waals surface area (Å²) in [6.45, 7) is 5.46. The van der Waals surface area contributed by atoms with Crippen LogP contribution in [0.25, 0.3) is 0 Å². The summed E-state index contributed by atoms with van der Waals surface area (Å²) in [6.07, 6.45) is 3.94.